The van der Waals surface area contributed by atoms with Crippen molar-refractivity contribution < 1.29 is 0 Å². The molecule has 4 heteroatoms. The number of aromatic nitrogens is 2. The van der Waals surface area contributed by atoms with E-state index in [4.69, 9.17) is 4.98 Å². The molecule has 21 heavy (non-hydrogen) atoms. The van der Waals surface area contributed by atoms with Gasteiger partial charge >= 0.3 is 0 Å². The van der Waals surface area contributed by atoms with Gasteiger partial charge in [-0.3, -0.25) is 0 Å². The van der Waals surface area contributed by atoms with E-state index >= 15 is 0 Å². The fraction of sp³-hybridized carbons (Fsp3) is 0.529. The van der Waals surface area contributed by atoms with Gasteiger partial charge in [0.2, 0.25) is 0 Å². The highest BCUT2D eigenvalue weighted by Gasteiger charge is 2.32. The van der Waals surface area contributed by atoms with Gasteiger partial charge in [0.15, 0.2) is 5.82 Å². The normalized spacial score (nSPS) is 20.3. The molecule has 3 rings (SSSR count). The van der Waals surface area contributed by atoms with Crippen molar-refractivity contribution in [3.63, 3.8) is 0 Å². The summed E-state index contributed by atoms with van der Waals surface area (Å²) in [6, 6.07) is 4.70. The average Bonchev–Trinajstić information content (AvgIpc) is 2.93. The van der Waals surface area contributed by atoms with E-state index in [0.29, 0.717) is 6.04 Å². The number of nitrogens with one attached hydrogen (secondary N) is 1. The van der Waals surface area contributed by atoms with Crippen LogP contribution < -0.4 is 5.32 Å². The van der Waals surface area contributed by atoms with Gasteiger partial charge in [-0.05, 0) is 43.9 Å². The smallest absolute Gasteiger partial charge is 0.169 e. The molecule has 0 saturated heterocycles. The minimum Gasteiger partial charge on any atom is -0.313 e. The molecule has 2 aromatic rings. The molecule has 0 aromatic carbocycles. The van der Waals surface area contributed by atoms with Gasteiger partial charge in [-0.25, -0.2) is 9.97 Å². The lowest BCUT2D eigenvalue weighted by Crippen LogP contribution is -2.32. The number of thiophene rings is 1. The zero-order valence-corrected chi connectivity index (χ0v) is 14.0. The summed E-state index contributed by atoms with van der Waals surface area (Å²) in [6.45, 7) is 6.83. The zero-order valence-electron chi connectivity index (χ0n) is 13.2. The Bertz CT molecular complexity index is 645. The number of hydrogen-bond acceptors (Lipinski definition) is 4. The Morgan fingerprint density at radius 3 is 2.86 bits per heavy atom. The van der Waals surface area contributed by atoms with Gasteiger partial charge in [-0.15, -0.1) is 11.3 Å². The molecule has 0 saturated carbocycles. The van der Waals surface area contributed by atoms with Crippen molar-refractivity contribution >= 4 is 11.3 Å². The Kier molecular flexibility index (Phi) is 3.84. The second-order valence-corrected chi connectivity index (χ2v) is 7.77. The van der Waals surface area contributed by atoms with E-state index < -0.39 is 0 Å². The molecular formula is C17H23N3S. The SMILES string of the molecule is CCc1ccc(-c2ncc3c(n2)CC(C)(C)CC3NC)s1. The predicted octanol–water partition coefficient (Wildman–Crippen LogP) is 4.00. The van der Waals surface area contributed by atoms with Gasteiger partial charge in [0.05, 0.1) is 4.88 Å². The van der Waals surface area contributed by atoms with E-state index in [-0.39, 0.29) is 5.41 Å². The van der Waals surface area contributed by atoms with Crippen LogP contribution in [-0.4, -0.2) is 17.0 Å². The molecule has 1 N–H and O–H groups in total. The fourth-order valence-corrected chi connectivity index (χ4v) is 4.00. The highest BCUT2D eigenvalue weighted by Crippen LogP contribution is 2.40. The quantitative estimate of drug-likeness (QED) is 0.931. The van der Waals surface area contributed by atoms with Crippen LogP contribution in [0.1, 0.15) is 49.4 Å². The molecule has 1 aliphatic carbocycles. The van der Waals surface area contributed by atoms with Crippen molar-refractivity contribution in [3.05, 3.63) is 34.5 Å². The first kappa shape index (κ1) is 14.7. The van der Waals surface area contributed by atoms with Crippen LogP contribution in [0.25, 0.3) is 10.7 Å². The Labute approximate surface area is 130 Å². The van der Waals surface area contributed by atoms with Gasteiger partial charge in [-0.1, -0.05) is 20.8 Å². The fourth-order valence-electron chi connectivity index (χ4n) is 3.11. The highest BCUT2D eigenvalue weighted by atomic mass is 32.1. The lowest BCUT2D eigenvalue weighted by Gasteiger charge is -2.36. The van der Waals surface area contributed by atoms with E-state index in [2.05, 4.69) is 43.2 Å². The maximum Gasteiger partial charge on any atom is 0.169 e. The Morgan fingerprint density at radius 1 is 1.38 bits per heavy atom. The molecule has 0 fully saturated rings. The van der Waals surface area contributed by atoms with Gasteiger partial charge in [0.1, 0.15) is 0 Å². The average molecular weight is 301 g/mol. The van der Waals surface area contributed by atoms with Crippen LogP contribution in [0.5, 0.6) is 0 Å². The summed E-state index contributed by atoms with van der Waals surface area (Å²) < 4.78 is 0. The van der Waals surface area contributed by atoms with Crippen molar-refractivity contribution in [1.82, 2.24) is 15.3 Å². The first-order valence-corrected chi connectivity index (χ1v) is 8.46. The molecule has 1 atom stereocenters. The molecule has 0 spiro atoms. The van der Waals surface area contributed by atoms with Crippen molar-refractivity contribution in [2.24, 2.45) is 5.41 Å². The van der Waals surface area contributed by atoms with Crippen LogP contribution in [-0.2, 0) is 12.8 Å². The van der Waals surface area contributed by atoms with Crippen LogP contribution in [0, 0.1) is 5.41 Å². The number of fused-ring (bicyclic) bond motifs is 1. The topological polar surface area (TPSA) is 37.8 Å². The molecule has 0 bridgehead atoms. The van der Waals surface area contributed by atoms with E-state index in [1.807, 2.05) is 13.2 Å². The lowest BCUT2D eigenvalue weighted by molar-refractivity contribution is 0.260. The summed E-state index contributed by atoms with van der Waals surface area (Å²) in [5.41, 5.74) is 2.77. The van der Waals surface area contributed by atoms with Gasteiger partial charge in [0.25, 0.3) is 0 Å². The Hall–Kier alpha value is -1.26. The predicted molar refractivity (Wildman–Crippen MR) is 88.6 cm³/mol. The molecule has 2 aromatic heterocycles. The number of nitrogens with zero attached hydrogens (tertiary/aromatic N) is 2. The first-order chi connectivity index (χ1) is 10.0. The van der Waals surface area contributed by atoms with Crippen LogP contribution in [0.15, 0.2) is 18.3 Å². The molecule has 1 aliphatic rings. The maximum atomic E-state index is 4.88. The summed E-state index contributed by atoms with van der Waals surface area (Å²) in [5, 5.41) is 3.41. The Morgan fingerprint density at radius 2 is 2.19 bits per heavy atom. The molecule has 2 heterocycles. The van der Waals surface area contributed by atoms with Gasteiger partial charge < -0.3 is 5.32 Å². The second kappa shape index (κ2) is 5.50. The van der Waals surface area contributed by atoms with Gasteiger partial charge in [0, 0.05) is 28.4 Å². The Balaban J connectivity index is 2.00. The largest absolute Gasteiger partial charge is 0.313 e. The number of aryl methyl sites for hydroxylation is 1. The lowest BCUT2D eigenvalue weighted by atomic mass is 9.74. The summed E-state index contributed by atoms with van der Waals surface area (Å²) >= 11 is 1.80. The van der Waals surface area contributed by atoms with E-state index in [1.165, 1.54) is 21.0 Å². The standard InChI is InChI=1S/C17H23N3S/c1-5-11-6-7-15(21-11)16-19-10-12-13(18-4)8-17(2,3)9-14(12)20-16/h6-7,10,13,18H,5,8-9H2,1-4H3. The third-order valence-corrected chi connectivity index (χ3v) is 5.48. The minimum atomic E-state index is 0.288. The second-order valence-electron chi connectivity index (χ2n) is 6.60. The summed E-state index contributed by atoms with van der Waals surface area (Å²) in [6.07, 6.45) is 5.27. The highest BCUT2D eigenvalue weighted by molar-refractivity contribution is 7.15. The summed E-state index contributed by atoms with van der Waals surface area (Å²) in [7, 11) is 2.02. The molecule has 0 amide bonds. The van der Waals surface area contributed by atoms with Crippen molar-refractivity contribution in [2.45, 2.75) is 46.1 Å². The van der Waals surface area contributed by atoms with Crippen LogP contribution >= 0.6 is 11.3 Å². The minimum absolute atomic E-state index is 0.288. The van der Waals surface area contributed by atoms with Crippen molar-refractivity contribution in [2.75, 3.05) is 7.05 Å². The molecule has 3 nitrogen and oxygen atoms in total. The summed E-state index contributed by atoms with van der Waals surface area (Å²) in [5.74, 6) is 0.881. The van der Waals surface area contributed by atoms with Crippen LogP contribution in [0.4, 0.5) is 0 Å². The van der Waals surface area contributed by atoms with E-state index in [0.717, 1.165) is 25.1 Å². The third-order valence-electron chi connectivity index (χ3n) is 4.26. The zero-order chi connectivity index (χ0) is 15.0. The molecule has 1 unspecified atom stereocenters. The van der Waals surface area contributed by atoms with Crippen molar-refractivity contribution in [3.8, 4) is 10.7 Å². The monoisotopic (exact) mass is 301 g/mol. The molecular weight excluding hydrogens is 278 g/mol. The molecule has 0 aliphatic heterocycles. The van der Waals surface area contributed by atoms with E-state index in [9.17, 15) is 0 Å². The number of hydrogen-bond donors (Lipinski definition) is 1. The van der Waals surface area contributed by atoms with Crippen molar-refractivity contribution in [1.29, 1.82) is 0 Å². The maximum absolute atomic E-state index is 4.88. The summed E-state index contributed by atoms with van der Waals surface area (Å²) in [4.78, 5) is 12.1. The molecule has 112 valence electrons. The van der Waals surface area contributed by atoms with E-state index in [1.54, 1.807) is 11.3 Å². The van der Waals surface area contributed by atoms with Crippen LogP contribution in [0.3, 0.4) is 0 Å². The third kappa shape index (κ3) is 2.87. The van der Waals surface area contributed by atoms with Crippen LogP contribution in [0.2, 0.25) is 0 Å². The van der Waals surface area contributed by atoms with Gasteiger partial charge in [-0.2, -0.15) is 0 Å². The first-order valence-electron chi connectivity index (χ1n) is 7.64. The number of rotatable bonds is 3. The molecule has 0 radical (unpaired) electrons.